The highest BCUT2D eigenvalue weighted by molar-refractivity contribution is 5.85. The number of carbonyl (C=O) groups is 1. The number of ether oxygens (including phenoxy) is 3. The molecule has 0 aromatic heterocycles. The number of anilines is 1. The Morgan fingerprint density at radius 2 is 2.08 bits per heavy atom. The third-order valence-electron chi connectivity index (χ3n) is 3.95. The number of unbranched alkanes of at least 4 members (excludes halogenated alkanes) is 1. The molecule has 0 saturated carbocycles. The number of benzene rings is 1. The van der Waals surface area contributed by atoms with Crippen LogP contribution < -0.4 is 10.1 Å². The van der Waals surface area contributed by atoms with Crippen molar-refractivity contribution in [1.29, 1.82) is 0 Å². The molecule has 0 spiro atoms. The summed E-state index contributed by atoms with van der Waals surface area (Å²) in [6, 6.07) is 5.64. The van der Waals surface area contributed by atoms with Gasteiger partial charge in [-0.05, 0) is 37.1 Å². The van der Waals surface area contributed by atoms with Gasteiger partial charge < -0.3 is 14.2 Å². The number of aryl methyl sites for hydroxylation is 1. The first kappa shape index (κ1) is 18.5. The molecule has 6 nitrogen and oxygen atoms in total. The summed E-state index contributed by atoms with van der Waals surface area (Å²) in [7, 11) is 0. The zero-order valence-corrected chi connectivity index (χ0v) is 14.7. The molecule has 24 heavy (non-hydrogen) atoms. The third kappa shape index (κ3) is 6.37. The van der Waals surface area contributed by atoms with Crippen LogP contribution in [0.5, 0.6) is 5.75 Å². The number of nitrogens with zero attached hydrogens (tertiary/aromatic N) is 1. The van der Waals surface area contributed by atoms with Crippen molar-refractivity contribution in [3.8, 4) is 5.75 Å². The summed E-state index contributed by atoms with van der Waals surface area (Å²) in [5, 5.41) is 2.78. The summed E-state index contributed by atoms with van der Waals surface area (Å²) in [5.74, 6) is 0.826. The fourth-order valence-electron chi connectivity index (χ4n) is 2.44. The van der Waals surface area contributed by atoms with Gasteiger partial charge in [0.1, 0.15) is 12.4 Å². The zero-order chi connectivity index (χ0) is 17.2. The van der Waals surface area contributed by atoms with Crippen LogP contribution in [0.15, 0.2) is 18.2 Å². The van der Waals surface area contributed by atoms with Crippen molar-refractivity contribution >= 4 is 11.8 Å². The number of nitrogens with one attached hydrogen (secondary N) is 1. The predicted molar refractivity (Wildman–Crippen MR) is 93.8 cm³/mol. The molecule has 1 aliphatic heterocycles. The average molecular weight is 336 g/mol. The molecule has 0 radical (unpaired) electrons. The highest BCUT2D eigenvalue weighted by Gasteiger charge is 2.11. The lowest BCUT2D eigenvalue weighted by atomic mass is 10.2. The molecule has 1 N–H and O–H groups in total. The minimum absolute atomic E-state index is 0.378. The normalized spacial score (nSPS) is 15.1. The number of hydrogen-bond acceptors (Lipinski definition) is 5. The van der Waals surface area contributed by atoms with Gasteiger partial charge in [0, 0.05) is 25.3 Å². The Hall–Kier alpha value is -1.79. The summed E-state index contributed by atoms with van der Waals surface area (Å²) in [4.78, 5) is 14.1. The number of morpholine rings is 1. The number of hydrogen-bond donors (Lipinski definition) is 1. The summed E-state index contributed by atoms with van der Waals surface area (Å²) < 4.78 is 16.2. The lowest BCUT2D eigenvalue weighted by Crippen LogP contribution is -2.38. The van der Waals surface area contributed by atoms with Gasteiger partial charge in [-0.15, -0.1) is 0 Å². The molecule has 0 atom stereocenters. The van der Waals surface area contributed by atoms with Crippen LogP contribution in [0.1, 0.15) is 25.3 Å². The Morgan fingerprint density at radius 1 is 1.29 bits per heavy atom. The van der Waals surface area contributed by atoms with E-state index in [1.54, 1.807) is 0 Å². The molecule has 1 aromatic rings. The molecule has 0 unspecified atom stereocenters. The van der Waals surface area contributed by atoms with Crippen LogP contribution in [0.2, 0.25) is 0 Å². The summed E-state index contributed by atoms with van der Waals surface area (Å²) in [6.45, 7) is 9.18. The second-order valence-corrected chi connectivity index (χ2v) is 5.89. The lowest BCUT2D eigenvalue weighted by molar-refractivity contribution is 0.0290. The third-order valence-corrected chi connectivity index (χ3v) is 3.95. The van der Waals surface area contributed by atoms with Gasteiger partial charge in [-0.1, -0.05) is 13.3 Å². The monoisotopic (exact) mass is 336 g/mol. The molecule has 1 fully saturated rings. The molecule has 0 bridgehead atoms. The van der Waals surface area contributed by atoms with E-state index in [9.17, 15) is 4.79 Å². The minimum atomic E-state index is -0.425. The predicted octanol–water partition coefficient (Wildman–Crippen LogP) is 3.05. The van der Waals surface area contributed by atoms with Crippen LogP contribution in [0, 0.1) is 6.92 Å². The molecule has 134 valence electrons. The van der Waals surface area contributed by atoms with Crippen LogP contribution in [0.25, 0.3) is 0 Å². The van der Waals surface area contributed by atoms with Crippen LogP contribution in [-0.4, -0.2) is 57.1 Å². The maximum atomic E-state index is 11.9. The van der Waals surface area contributed by atoms with Gasteiger partial charge in [0.25, 0.3) is 0 Å². The summed E-state index contributed by atoms with van der Waals surface area (Å²) in [6.07, 6.45) is 1.72. The first-order chi connectivity index (χ1) is 11.7. The highest BCUT2D eigenvalue weighted by Crippen LogP contribution is 2.21. The van der Waals surface area contributed by atoms with Gasteiger partial charge in [-0.2, -0.15) is 0 Å². The van der Waals surface area contributed by atoms with Gasteiger partial charge in [-0.3, -0.25) is 10.2 Å². The molecule has 1 heterocycles. The molecule has 1 saturated heterocycles. The van der Waals surface area contributed by atoms with Crippen molar-refractivity contribution in [2.45, 2.75) is 26.7 Å². The van der Waals surface area contributed by atoms with Crippen molar-refractivity contribution < 1.29 is 19.0 Å². The Labute approximate surface area is 144 Å². The summed E-state index contributed by atoms with van der Waals surface area (Å²) in [5.41, 5.74) is 1.70. The first-order valence-corrected chi connectivity index (χ1v) is 8.66. The molecule has 1 aliphatic rings. The quantitative estimate of drug-likeness (QED) is 0.739. The average Bonchev–Trinajstić information content (AvgIpc) is 2.58. The Morgan fingerprint density at radius 3 is 2.79 bits per heavy atom. The van der Waals surface area contributed by atoms with Crippen molar-refractivity contribution in [2.24, 2.45) is 0 Å². The van der Waals surface area contributed by atoms with Crippen LogP contribution in [-0.2, 0) is 9.47 Å². The fourth-order valence-corrected chi connectivity index (χ4v) is 2.44. The molecule has 1 amide bonds. The van der Waals surface area contributed by atoms with Crippen molar-refractivity contribution in [2.75, 3.05) is 51.4 Å². The number of amides is 1. The summed E-state index contributed by atoms with van der Waals surface area (Å²) >= 11 is 0. The van der Waals surface area contributed by atoms with E-state index in [4.69, 9.17) is 14.2 Å². The molecule has 0 aliphatic carbocycles. The van der Waals surface area contributed by atoms with Gasteiger partial charge in [0.05, 0.1) is 19.8 Å². The second-order valence-electron chi connectivity index (χ2n) is 5.89. The van der Waals surface area contributed by atoms with E-state index in [2.05, 4.69) is 17.1 Å². The molecule has 6 heteroatoms. The maximum absolute atomic E-state index is 11.9. The number of carbonyl (C=O) groups excluding carboxylic acids is 1. The van der Waals surface area contributed by atoms with Gasteiger partial charge in [0.15, 0.2) is 0 Å². The Balaban J connectivity index is 1.72. The van der Waals surface area contributed by atoms with Crippen LogP contribution >= 0.6 is 0 Å². The van der Waals surface area contributed by atoms with Gasteiger partial charge in [0.2, 0.25) is 0 Å². The lowest BCUT2D eigenvalue weighted by Gasteiger charge is -2.26. The first-order valence-electron chi connectivity index (χ1n) is 8.66. The van der Waals surface area contributed by atoms with Crippen LogP contribution in [0.3, 0.4) is 0 Å². The Kier molecular flexibility index (Phi) is 7.85. The molecular weight excluding hydrogens is 308 g/mol. The van der Waals surface area contributed by atoms with E-state index >= 15 is 0 Å². The van der Waals surface area contributed by atoms with Crippen molar-refractivity contribution in [3.63, 3.8) is 0 Å². The molecule has 1 aromatic carbocycles. The maximum Gasteiger partial charge on any atom is 0.411 e. The van der Waals surface area contributed by atoms with Gasteiger partial charge in [-0.25, -0.2) is 4.79 Å². The highest BCUT2D eigenvalue weighted by atomic mass is 16.5. The zero-order valence-electron chi connectivity index (χ0n) is 14.7. The SMILES string of the molecule is CCCCOc1ccc(NC(=O)OCCN2CCOCC2)c(C)c1. The smallest absolute Gasteiger partial charge is 0.411 e. The standard InChI is InChI=1S/C18H28N2O4/c1-3-4-10-23-16-5-6-17(15(2)14-16)19-18(21)24-13-9-20-7-11-22-12-8-20/h5-6,14H,3-4,7-13H2,1-2H3,(H,19,21). The topological polar surface area (TPSA) is 60.0 Å². The fraction of sp³-hybridized carbons (Fsp3) is 0.611. The van der Waals surface area contributed by atoms with E-state index in [1.807, 2.05) is 25.1 Å². The molecular formula is C18H28N2O4. The molecule has 2 rings (SSSR count). The van der Waals surface area contributed by atoms with E-state index < -0.39 is 6.09 Å². The number of rotatable bonds is 8. The Bertz CT molecular complexity index is 516. The van der Waals surface area contributed by atoms with Crippen LogP contribution in [0.4, 0.5) is 10.5 Å². The van der Waals surface area contributed by atoms with E-state index in [-0.39, 0.29) is 0 Å². The van der Waals surface area contributed by atoms with E-state index in [1.165, 1.54) is 0 Å². The largest absolute Gasteiger partial charge is 0.494 e. The van der Waals surface area contributed by atoms with Crippen molar-refractivity contribution in [3.05, 3.63) is 23.8 Å². The van der Waals surface area contributed by atoms with Gasteiger partial charge >= 0.3 is 6.09 Å². The van der Waals surface area contributed by atoms with Crippen molar-refractivity contribution in [1.82, 2.24) is 4.90 Å². The minimum Gasteiger partial charge on any atom is -0.494 e. The van der Waals surface area contributed by atoms with E-state index in [0.717, 1.165) is 62.7 Å². The second kappa shape index (κ2) is 10.2. The van der Waals surface area contributed by atoms with E-state index in [0.29, 0.717) is 13.2 Å².